The molecule has 1 saturated heterocycles. The molecule has 24 heavy (non-hydrogen) atoms. The molecule has 140 valence electrons. The van der Waals surface area contributed by atoms with Crippen molar-refractivity contribution in [2.45, 2.75) is 90.5 Å². The number of carbonyl (C=O) groups is 1. The number of ether oxygens (including phenoxy) is 1. The molecule has 0 aliphatic carbocycles. The number of carbonyl (C=O) groups excluding carboxylic acids is 1. The van der Waals surface area contributed by atoms with Crippen molar-refractivity contribution in [2.75, 3.05) is 6.54 Å². The highest BCUT2D eigenvalue weighted by Gasteiger charge is 2.42. The Bertz CT molecular complexity index is 501. The third-order valence-electron chi connectivity index (χ3n) is 3.97. The van der Waals surface area contributed by atoms with E-state index in [9.17, 15) is 9.00 Å². The third-order valence-corrected chi connectivity index (χ3v) is 5.36. The van der Waals surface area contributed by atoms with Gasteiger partial charge in [-0.2, -0.15) is 4.40 Å². The molecule has 1 aliphatic heterocycles. The van der Waals surface area contributed by atoms with Gasteiger partial charge >= 0.3 is 6.09 Å². The van der Waals surface area contributed by atoms with Crippen LogP contribution in [0.1, 0.15) is 74.7 Å². The summed E-state index contributed by atoms with van der Waals surface area (Å²) in [5.41, 5.74) is -0.673. The predicted molar refractivity (Wildman–Crippen MR) is 101 cm³/mol. The average molecular weight is 359 g/mol. The van der Waals surface area contributed by atoms with Gasteiger partial charge in [0.1, 0.15) is 16.6 Å². The lowest BCUT2D eigenvalue weighted by Gasteiger charge is -2.33. The first-order valence-electron chi connectivity index (χ1n) is 8.67. The molecule has 1 aliphatic rings. The maximum atomic E-state index is 12.4. The van der Waals surface area contributed by atoms with E-state index >= 15 is 0 Å². The van der Waals surface area contributed by atoms with Crippen LogP contribution in [0.5, 0.6) is 0 Å². The van der Waals surface area contributed by atoms with Gasteiger partial charge < -0.3 is 9.64 Å². The summed E-state index contributed by atoms with van der Waals surface area (Å²) in [4.78, 5) is 14.2. The predicted octanol–water partition coefficient (Wildman–Crippen LogP) is 4.34. The molecule has 0 saturated carbocycles. The Hall–Kier alpha value is -0.910. The van der Waals surface area contributed by atoms with E-state index in [1.807, 2.05) is 46.4 Å². The van der Waals surface area contributed by atoms with Crippen molar-refractivity contribution in [3.05, 3.63) is 0 Å². The van der Waals surface area contributed by atoms with Crippen LogP contribution >= 0.6 is 0 Å². The average Bonchev–Trinajstić information content (AvgIpc) is 2.66. The van der Waals surface area contributed by atoms with Crippen molar-refractivity contribution in [3.63, 3.8) is 0 Å². The second-order valence-corrected chi connectivity index (χ2v) is 11.1. The van der Waals surface area contributed by atoms with Crippen LogP contribution in [0.15, 0.2) is 4.40 Å². The molecular formula is C18H34N2O3S. The summed E-state index contributed by atoms with van der Waals surface area (Å²) in [7, 11) is -1.20. The summed E-state index contributed by atoms with van der Waals surface area (Å²) in [5.74, 6) is 0.419. The second-order valence-electron chi connectivity index (χ2n) is 9.20. The van der Waals surface area contributed by atoms with Gasteiger partial charge in [-0.3, -0.25) is 0 Å². The van der Waals surface area contributed by atoms with Crippen molar-refractivity contribution < 1.29 is 13.7 Å². The van der Waals surface area contributed by atoms with Crippen LogP contribution in [0.2, 0.25) is 0 Å². The molecule has 0 aromatic carbocycles. The zero-order valence-corrected chi connectivity index (χ0v) is 17.3. The summed E-state index contributed by atoms with van der Waals surface area (Å²) in [6, 6.07) is 0. The lowest BCUT2D eigenvalue weighted by molar-refractivity contribution is 0.0131. The molecule has 1 fully saturated rings. The lowest BCUT2D eigenvalue weighted by Crippen LogP contribution is -2.45. The molecule has 0 radical (unpaired) electrons. The van der Waals surface area contributed by atoms with E-state index in [4.69, 9.17) is 4.74 Å². The molecule has 0 unspecified atom stereocenters. The fourth-order valence-corrected chi connectivity index (χ4v) is 3.36. The van der Waals surface area contributed by atoms with Crippen molar-refractivity contribution in [1.29, 1.82) is 0 Å². The first-order valence-corrected chi connectivity index (χ1v) is 9.78. The summed E-state index contributed by atoms with van der Waals surface area (Å²) in [6.07, 6.45) is 4.20. The summed E-state index contributed by atoms with van der Waals surface area (Å²) >= 11 is 0. The highest BCUT2D eigenvalue weighted by molar-refractivity contribution is 7.85. The van der Waals surface area contributed by atoms with Crippen LogP contribution in [-0.4, -0.2) is 43.8 Å². The van der Waals surface area contributed by atoms with Gasteiger partial charge in [-0.15, -0.1) is 0 Å². The molecule has 5 nitrogen and oxygen atoms in total. The topological polar surface area (TPSA) is 59.0 Å². The molecule has 1 amide bonds. The minimum Gasteiger partial charge on any atom is -0.444 e. The molecule has 0 aromatic rings. The molecule has 0 N–H and O–H groups in total. The third kappa shape index (κ3) is 6.54. The zero-order chi connectivity index (χ0) is 18.8. The Labute approximate surface area is 149 Å². The fourth-order valence-electron chi connectivity index (χ4n) is 2.81. The van der Waals surface area contributed by atoms with Gasteiger partial charge in [0.25, 0.3) is 0 Å². The van der Waals surface area contributed by atoms with Gasteiger partial charge in [-0.05, 0) is 80.6 Å². The smallest absolute Gasteiger partial charge is 0.410 e. The first-order chi connectivity index (χ1) is 10.7. The molecule has 2 atom stereocenters. The van der Waals surface area contributed by atoms with Gasteiger partial charge in [0, 0.05) is 18.3 Å². The highest BCUT2D eigenvalue weighted by atomic mass is 32.2. The van der Waals surface area contributed by atoms with Crippen molar-refractivity contribution in [1.82, 2.24) is 4.90 Å². The monoisotopic (exact) mass is 358 g/mol. The van der Waals surface area contributed by atoms with Crippen LogP contribution < -0.4 is 0 Å². The Morgan fingerprint density at radius 2 is 1.88 bits per heavy atom. The van der Waals surface area contributed by atoms with Crippen molar-refractivity contribution in [2.24, 2.45) is 10.3 Å². The standard InChI is InChI=1S/C18H34N2O3S/c1-16(2,3)23-15(21)20-13-14(12-18(20,7)8)10-9-11-19-24(22)17(4,5)6/h11,14H,9-10,12-13H2,1-8H3/b19-11-/t14-,24-/m0/s1. The quantitative estimate of drug-likeness (QED) is 0.703. The SMILES string of the molecule is CC(C)(C)OC(=O)N1C[C@@H](CC/C=N\[S@@](=O)C(C)(C)C)CC1(C)C. The first kappa shape index (κ1) is 21.1. The van der Waals surface area contributed by atoms with Gasteiger partial charge in [-0.25, -0.2) is 9.00 Å². The normalized spacial score (nSPS) is 22.8. The molecular weight excluding hydrogens is 324 g/mol. The number of hydrogen-bond donors (Lipinski definition) is 0. The molecule has 6 heteroatoms. The lowest BCUT2D eigenvalue weighted by atomic mass is 9.93. The zero-order valence-electron chi connectivity index (χ0n) is 16.5. The summed E-state index contributed by atoms with van der Waals surface area (Å²) < 4.78 is 21.2. The van der Waals surface area contributed by atoms with Gasteiger partial charge in [0.15, 0.2) is 0 Å². The van der Waals surface area contributed by atoms with Crippen LogP contribution in [0.3, 0.4) is 0 Å². The Morgan fingerprint density at radius 1 is 1.29 bits per heavy atom. The second kappa shape index (κ2) is 7.54. The maximum Gasteiger partial charge on any atom is 0.410 e. The number of likely N-dealkylation sites (tertiary alicyclic amines) is 1. The Kier molecular flexibility index (Phi) is 6.64. The van der Waals surface area contributed by atoms with Gasteiger partial charge in [0.05, 0.1) is 4.75 Å². The number of rotatable bonds is 4. The van der Waals surface area contributed by atoms with Crippen LogP contribution in [-0.2, 0) is 15.7 Å². The van der Waals surface area contributed by atoms with Crippen LogP contribution in [0, 0.1) is 5.92 Å². The number of nitrogens with zero attached hydrogens (tertiary/aromatic N) is 2. The van der Waals surface area contributed by atoms with E-state index < -0.39 is 16.6 Å². The van der Waals surface area contributed by atoms with Crippen LogP contribution in [0.25, 0.3) is 0 Å². The minimum atomic E-state index is -1.20. The molecule has 1 heterocycles. The van der Waals surface area contributed by atoms with Gasteiger partial charge in [-0.1, -0.05) is 0 Å². The van der Waals surface area contributed by atoms with E-state index in [1.165, 1.54) is 0 Å². The summed E-state index contributed by atoms with van der Waals surface area (Å²) in [5, 5.41) is 0. The Morgan fingerprint density at radius 3 is 2.38 bits per heavy atom. The van der Waals surface area contributed by atoms with E-state index in [0.29, 0.717) is 12.5 Å². The van der Waals surface area contributed by atoms with Crippen molar-refractivity contribution in [3.8, 4) is 0 Å². The maximum absolute atomic E-state index is 12.4. The van der Waals surface area contributed by atoms with E-state index in [-0.39, 0.29) is 16.4 Å². The number of amides is 1. The summed E-state index contributed by atoms with van der Waals surface area (Å²) in [6.45, 7) is 16.3. The number of hydrogen-bond acceptors (Lipinski definition) is 3. The van der Waals surface area contributed by atoms with Gasteiger partial charge in [0.2, 0.25) is 0 Å². The molecule has 1 rings (SSSR count). The Balaban J connectivity index is 2.55. The van der Waals surface area contributed by atoms with Crippen LogP contribution in [0.4, 0.5) is 4.79 Å². The van der Waals surface area contributed by atoms with E-state index in [1.54, 1.807) is 6.21 Å². The highest BCUT2D eigenvalue weighted by Crippen LogP contribution is 2.35. The fraction of sp³-hybridized carbons (Fsp3) is 0.889. The van der Waals surface area contributed by atoms with Crippen molar-refractivity contribution >= 4 is 23.3 Å². The largest absolute Gasteiger partial charge is 0.444 e. The molecule has 0 aromatic heterocycles. The van der Waals surface area contributed by atoms with E-state index in [0.717, 1.165) is 19.3 Å². The molecule has 0 bridgehead atoms. The minimum absolute atomic E-state index is 0.196. The molecule has 0 spiro atoms. The van der Waals surface area contributed by atoms with E-state index in [2.05, 4.69) is 18.2 Å².